The highest BCUT2D eigenvalue weighted by atomic mass is 79.9. The van der Waals surface area contributed by atoms with Crippen LogP contribution in [0.5, 0.6) is 11.5 Å². The average molecular weight is 353 g/mol. The first kappa shape index (κ1) is 15.4. The van der Waals surface area contributed by atoms with E-state index in [0.717, 1.165) is 5.56 Å². The Labute approximate surface area is 131 Å². The Balaban J connectivity index is 2.09. The van der Waals surface area contributed by atoms with Crippen molar-refractivity contribution in [2.45, 2.75) is 13.5 Å². The third-order valence-electron chi connectivity index (χ3n) is 3.16. The molecule has 0 fully saturated rings. The number of ether oxygens (including phenoxy) is 2. The number of nitrogen functional groups attached to an aromatic ring is 1. The number of anilines is 1. The summed E-state index contributed by atoms with van der Waals surface area (Å²) in [6, 6.07) is 7.38. The van der Waals surface area contributed by atoms with Crippen LogP contribution in [0.1, 0.15) is 5.56 Å². The van der Waals surface area contributed by atoms with Crippen molar-refractivity contribution < 1.29 is 9.47 Å². The SMILES string of the molecule is COc1ccccc1OCCn1cc(N)c(C)c(Br)c1=O. The van der Waals surface area contributed by atoms with Gasteiger partial charge in [-0.1, -0.05) is 12.1 Å². The molecule has 6 heteroatoms. The van der Waals surface area contributed by atoms with Gasteiger partial charge in [-0.15, -0.1) is 0 Å². The van der Waals surface area contributed by atoms with Gasteiger partial charge in [0.25, 0.3) is 5.56 Å². The molecule has 1 aromatic heterocycles. The molecule has 0 aliphatic heterocycles. The largest absolute Gasteiger partial charge is 0.493 e. The molecule has 0 amide bonds. The molecule has 2 aromatic rings. The number of methoxy groups -OCH3 is 1. The van der Waals surface area contributed by atoms with Crippen molar-refractivity contribution >= 4 is 21.6 Å². The summed E-state index contributed by atoms with van der Waals surface area (Å²) in [6.07, 6.45) is 1.63. The third-order valence-corrected chi connectivity index (χ3v) is 4.10. The van der Waals surface area contributed by atoms with Crippen molar-refractivity contribution in [3.63, 3.8) is 0 Å². The van der Waals surface area contributed by atoms with Crippen molar-refractivity contribution in [3.05, 3.63) is 50.9 Å². The lowest BCUT2D eigenvalue weighted by Gasteiger charge is -2.13. The first-order valence-corrected chi connectivity index (χ1v) is 7.24. The Morgan fingerprint density at radius 3 is 2.62 bits per heavy atom. The number of aromatic nitrogens is 1. The topological polar surface area (TPSA) is 66.5 Å². The zero-order chi connectivity index (χ0) is 15.4. The van der Waals surface area contributed by atoms with Gasteiger partial charge in [0.05, 0.1) is 23.8 Å². The van der Waals surface area contributed by atoms with E-state index in [0.29, 0.717) is 34.8 Å². The minimum atomic E-state index is -0.120. The number of benzene rings is 1. The van der Waals surface area contributed by atoms with E-state index in [-0.39, 0.29) is 5.56 Å². The first-order valence-electron chi connectivity index (χ1n) is 6.45. The lowest BCUT2D eigenvalue weighted by atomic mass is 10.2. The van der Waals surface area contributed by atoms with Crippen molar-refractivity contribution in [2.24, 2.45) is 0 Å². The number of nitrogens with zero attached hydrogens (tertiary/aromatic N) is 1. The molecule has 0 spiro atoms. The van der Waals surface area contributed by atoms with E-state index in [1.807, 2.05) is 24.3 Å². The van der Waals surface area contributed by atoms with Gasteiger partial charge in [0.1, 0.15) is 6.61 Å². The molecule has 0 aliphatic carbocycles. The molecular formula is C15H17BrN2O3. The number of halogens is 1. The monoisotopic (exact) mass is 352 g/mol. The summed E-state index contributed by atoms with van der Waals surface area (Å²) in [5.74, 6) is 1.31. The Hall–Kier alpha value is -1.95. The third kappa shape index (κ3) is 3.39. The number of para-hydroxylation sites is 2. The van der Waals surface area contributed by atoms with Crippen molar-refractivity contribution in [2.75, 3.05) is 19.5 Å². The second-order valence-corrected chi connectivity index (χ2v) is 5.31. The molecule has 0 aliphatic rings. The molecule has 1 aromatic carbocycles. The lowest BCUT2D eigenvalue weighted by molar-refractivity contribution is 0.278. The van der Waals surface area contributed by atoms with Crippen molar-refractivity contribution in [1.82, 2.24) is 4.57 Å². The maximum Gasteiger partial charge on any atom is 0.265 e. The summed E-state index contributed by atoms with van der Waals surface area (Å²) in [6.45, 7) is 2.55. The second kappa shape index (κ2) is 6.67. The molecule has 0 saturated carbocycles. The van der Waals surface area contributed by atoms with E-state index in [1.165, 1.54) is 4.57 Å². The minimum Gasteiger partial charge on any atom is -0.493 e. The molecule has 0 radical (unpaired) electrons. The standard InChI is InChI=1S/C15H17BrN2O3/c1-10-11(17)9-18(15(19)14(10)16)7-8-21-13-6-4-3-5-12(13)20-2/h3-6,9H,7-8,17H2,1-2H3. The summed E-state index contributed by atoms with van der Waals surface area (Å²) < 4.78 is 12.9. The molecular weight excluding hydrogens is 336 g/mol. The van der Waals surface area contributed by atoms with Gasteiger partial charge in [-0.3, -0.25) is 4.79 Å². The molecule has 2 N–H and O–H groups in total. The van der Waals surface area contributed by atoms with Gasteiger partial charge in [-0.2, -0.15) is 0 Å². The fourth-order valence-electron chi connectivity index (χ4n) is 1.89. The summed E-state index contributed by atoms with van der Waals surface area (Å²) in [4.78, 5) is 12.1. The van der Waals surface area contributed by atoms with Crippen LogP contribution < -0.4 is 20.8 Å². The van der Waals surface area contributed by atoms with Gasteiger partial charge in [0.15, 0.2) is 11.5 Å². The highest BCUT2D eigenvalue weighted by molar-refractivity contribution is 9.10. The van der Waals surface area contributed by atoms with Crippen LogP contribution in [-0.2, 0) is 6.54 Å². The number of hydrogen-bond donors (Lipinski definition) is 1. The zero-order valence-electron chi connectivity index (χ0n) is 11.9. The van der Waals surface area contributed by atoms with Crippen molar-refractivity contribution in [1.29, 1.82) is 0 Å². The molecule has 1 heterocycles. The van der Waals surface area contributed by atoms with E-state index in [4.69, 9.17) is 15.2 Å². The minimum absolute atomic E-state index is 0.120. The van der Waals surface area contributed by atoms with Crippen LogP contribution in [-0.4, -0.2) is 18.3 Å². The smallest absolute Gasteiger partial charge is 0.265 e. The highest BCUT2D eigenvalue weighted by Crippen LogP contribution is 2.25. The fraction of sp³-hybridized carbons (Fsp3) is 0.267. The summed E-state index contributed by atoms with van der Waals surface area (Å²) in [5, 5.41) is 0. The van der Waals surface area contributed by atoms with Gasteiger partial charge < -0.3 is 19.8 Å². The molecule has 5 nitrogen and oxygen atoms in total. The van der Waals surface area contributed by atoms with E-state index < -0.39 is 0 Å². The number of rotatable bonds is 5. The predicted octanol–water partition coefficient (Wildman–Crippen LogP) is 2.59. The van der Waals surface area contributed by atoms with Gasteiger partial charge in [-0.25, -0.2) is 0 Å². The molecule has 0 unspecified atom stereocenters. The lowest BCUT2D eigenvalue weighted by Crippen LogP contribution is -2.25. The maximum absolute atomic E-state index is 12.1. The Bertz CT molecular complexity index is 698. The van der Waals surface area contributed by atoms with Crippen LogP contribution >= 0.6 is 15.9 Å². The summed E-state index contributed by atoms with van der Waals surface area (Å²) in [5.41, 5.74) is 7.07. The van der Waals surface area contributed by atoms with E-state index in [1.54, 1.807) is 20.2 Å². The Kier molecular flexibility index (Phi) is 4.90. The molecule has 0 atom stereocenters. The van der Waals surface area contributed by atoms with Crippen LogP contribution in [0.15, 0.2) is 39.7 Å². The Morgan fingerprint density at radius 1 is 1.29 bits per heavy atom. The summed E-state index contributed by atoms with van der Waals surface area (Å²) in [7, 11) is 1.59. The molecule has 0 saturated heterocycles. The van der Waals surface area contributed by atoms with E-state index >= 15 is 0 Å². The van der Waals surface area contributed by atoms with Gasteiger partial charge in [0, 0.05) is 6.20 Å². The average Bonchev–Trinajstić information content (AvgIpc) is 2.50. The molecule has 2 rings (SSSR count). The van der Waals surface area contributed by atoms with Gasteiger partial charge >= 0.3 is 0 Å². The number of pyridine rings is 1. The first-order chi connectivity index (χ1) is 10.0. The normalized spacial score (nSPS) is 10.4. The van der Waals surface area contributed by atoms with E-state index in [9.17, 15) is 4.79 Å². The Morgan fingerprint density at radius 2 is 1.95 bits per heavy atom. The zero-order valence-corrected chi connectivity index (χ0v) is 13.5. The van der Waals surface area contributed by atoms with Gasteiger partial charge in [-0.05, 0) is 40.5 Å². The highest BCUT2D eigenvalue weighted by Gasteiger charge is 2.09. The summed E-state index contributed by atoms with van der Waals surface area (Å²) >= 11 is 3.27. The molecule has 21 heavy (non-hydrogen) atoms. The van der Waals surface area contributed by atoms with Crippen molar-refractivity contribution in [3.8, 4) is 11.5 Å². The van der Waals surface area contributed by atoms with Crippen LogP contribution in [0.2, 0.25) is 0 Å². The van der Waals surface area contributed by atoms with Gasteiger partial charge in [0.2, 0.25) is 0 Å². The number of nitrogens with two attached hydrogens (primary N) is 1. The fourth-order valence-corrected chi connectivity index (χ4v) is 2.35. The predicted molar refractivity (Wildman–Crippen MR) is 86.0 cm³/mol. The van der Waals surface area contributed by atoms with Crippen LogP contribution in [0.25, 0.3) is 0 Å². The van der Waals surface area contributed by atoms with Crippen LogP contribution in [0.4, 0.5) is 5.69 Å². The number of hydrogen-bond acceptors (Lipinski definition) is 4. The quantitative estimate of drug-likeness (QED) is 0.897. The van der Waals surface area contributed by atoms with Crippen LogP contribution in [0.3, 0.4) is 0 Å². The molecule has 0 bridgehead atoms. The molecule has 112 valence electrons. The second-order valence-electron chi connectivity index (χ2n) is 4.52. The maximum atomic E-state index is 12.1. The van der Waals surface area contributed by atoms with E-state index in [2.05, 4.69) is 15.9 Å². The van der Waals surface area contributed by atoms with Crippen LogP contribution in [0, 0.1) is 6.92 Å².